The molecule has 3 aliphatic rings. The molecule has 27 heavy (non-hydrogen) atoms. The summed E-state index contributed by atoms with van der Waals surface area (Å²) in [6.45, 7) is 11.0. The van der Waals surface area contributed by atoms with E-state index < -0.39 is 0 Å². The third-order valence-corrected chi connectivity index (χ3v) is 6.88. The molecule has 0 bridgehead atoms. The number of hydrogen-bond acceptors (Lipinski definition) is 1. The number of fused-ring (bicyclic) bond motifs is 6. The van der Waals surface area contributed by atoms with Crippen LogP contribution >= 0.6 is 0 Å². The smallest absolute Gasteiger partial charge is 0.0733 e. The Morgan fingerprint density at radius 1 is 1.04 bits per heavy atom. The molecule has 1 heteroatoms. The van der Waals surface area contributed by atoms with Gasteiger partial charge in [-0.05, 0) is 53.7 Å². The summed E-state index contributed by atoms with van der Waals surface area (Å²) in [5.41, 5.74) is 7.62. The average Bonchev–Trinajstić information content (AvgIpc) is 3.38. The molecule has 1 saturated carbocycles. The van der Waals surface area contributed by atoms with Crippen LogP contribution in [0.15, 0.2) is 72.5 Å². The van der Waals surface area contributed by atoms with Crippen molar-refractivity contribution in [1.29, 1.82) is 0 Å². The number of nitrogens with zero attached hydrogens (tertiary/aromatic N) is 1. The van der Waals surface area contributed by atoms with Crippen LogP contribution in [-0.4, -0.2) is 10.4 Å². The topological polar surface area (TPSA) is 3.24 Å². The third kappa shape index (κ3) is 2.44. The molecule has 1 nitrogen and oxygen atoms in total. The molecule has 0 spiro atoms. The monoisotopic (exact) mass is 357 g/mol. The number of rotatable bonds is 2. The van der Waals surface area contributed by atoms with Crippen LogP contribution in [0.3, 0.4) is 0 Å². The maximum Gasteiger partial charge on any atom is 0.0733 e. The minimum absolute atomic E-state index is 0.283. The van der Waals surface area contributed by atoms with Gasteiger partial charge in [0.25, 0.3) is 0 Å². The molecule has 0 radical (unpaired) electrons. The van der Waals surface area contributed by atoms with Gasteiger partial charge in [0, 0.05) is 11.6 Å². The van der Waals surface area contributed by atoms with E-state index in [9.17, 15) is 0 Å². The molecule has 140 valence electrons. The van der Waals surface area contributed by atoms with Crippen molar-refractivity contribution >= 4 is 0 Å². The van der Waals surface area contributed by atoms with Gasteiger partial charge in [0.2, 0.25) is 0 Å². The first-order valence-corrected chi connectivity index (χ1v) is 10.4. The second-order valence-electron chi connectivity index (χ2n) is 8.15. The predicted octanol–water partition coefficient (Wildman–Crippen LogP) is 7.02. The molecule has 5 rings (SSSR count). The first kappa shape index (κ1) is 18.1. The molecule has 2 aliphatic heterocycles. The minimum Gasteiger partial charge on any atom is -0.360 e. The molecular formula is C26H31N. The van der Waals surface area contributed by atoms with Crippen LogP contribution in [0.4, 0.5) is 0 Å². The van der Waals surface area contributed by atoms with Crippen molar-refractivity contribution in [2.75, 3.05) is 0 Å². The molecule has 2 aromatic carbocycles. The summed E-state index contributed by atoms with van der Waals surface area (Å²) in [4.78, 5) is 2.67. The normalized spacial score (nSPS) is 29.6. The molecule has 0 saturated heterocycles. The fraction of sp³-hybridized carbons (Fsp3) is 0.385. The largest absolute Gasteiger partial charge is 0.360 e. The maximum absolute atomic E-state index is 2.67. The molecule has 1 fully saturated rings. The highest BCUT2D eigenvalue weighted by Crippen LogP contribution is 2.69. The average molecular weight is 358 g/mol. The van der Waals surface area contributed by atoms with Crippen molar-refractivity contribution in [2.45, 2.75) is 64.5 Å². The summed E-state index contributed by atoms with van der Waals surface area (Å²) in [5.74, 6) is 0. The van der Waals surface area contributed by atoms with Crippen LogP contribution in [0, 0.1) is 0 Å². The highest BCUT2D eigenvalue weighted by Gasteiger charge is 2.70. The standard InChI is InChI=1S/C24H25N.C2H6/c1-4-24-16-23(24,3)21-12-11-19(18-8-6-5-7-9-18)14-20(21)22-13-10-17(2)15-25(22)24;1-2/h5-15,22H,4,16H2,1-3H3;1-2H3. The summed E-state index contributed by atoms with van der Waals surface area (Å²) in [6, 6.07) is 18.3. The summed E-state index contributed by atoms with van der Waals surface area (Å²) in [6.07, 6.45) is 9.56. The second kappa shape index (κ2) is 6.41. The highest BCUT2D eigenvalue weighted by molar-refractivity contribution is 5.67. The number of hydrogen-bond donors (Lipinski definition) is 0. The number of benzene rings is 2. The Morgan fingerprint density at radius 2 is 1.78 bits per heavy atom. The second-order valence-corrected chi connectivity index (χ2v) is 8.15. The van der Waals surface area contributed by atoms with Crippen molar-refractivity contribution in [3.63, 3.8) is 0 Å². The van der Waals surface area contributed by atoms with E-state index in [1.54, 1.807) is 5.56 Å². The van der Waals surface area contributed by atoms with Crippen LogP contribution in [0.2, 0.25) is 0 Å². The van der Waals surface area contributed by atoms with Crippen molar-refractivity contribution in [3.05, 3.63) is 83.6 Å². The van der Waals surface area contributed by atoms with E-state index in [0.29, 0.717) is 11.6 Å². The minimum atomic E-state index is 0.283. The Bertz CT molecular complexity index is 907. The van der Waals surface area contributed by atoms with Gasteiger partial charge in [-0.15, -0.1) is 0 Å². The van der Waals surface area contributed by atoms with Gasteiger partial charge in [-0.3, -0.25) is 0 Å². The van der Waals surface area contributed by atoms with E-state index in [-0.39, 0.29) is 5.41 Å². The van der Waals surface area contributed by atoms with E-state index in [1.807, 2.05) is 13.8 Å². The fourth-order valence-corrected chi connectivity index (χ4v) is 5.40. The molecule has 3 atom stereocenters. The van der Waals surface area contributed by atoms with Crippen LogP contribution in [0.1, 0.15) is 64.6 Å². The Labute approximate surface area is 164 Å². The van der Waals surface area contributed by atoms with Gasteiger partial charge in [0.05, 0.1) is 11.6 Å². The number of allylic oxidation sites excluding steroid dienone is 2. The zero-order chi connectivity index (χ0) is 19.2. The zero-order valence-electron chi connectivity index (χ0n) is 17.3. The van der Waals surface area contributed by atoms with E-state index in [2.05, 4.69) is 92.6 Å². The first-order chi connectivity index (χ1) is 13.1. The third-order valence-electron chi connectivity index (χ3n) is 6.88. The summed E-state index contributed by atoms with van der Waals surface area (Å²) in [5, 5.41) is 0. The van der Waals surface area contributed by atoms with Crippen LogP contribution in [-0.2, 0) is 5.41 Å². The van der Waals surface area contributed by atoms with Gasteiger partial charge >= 0.3 is 0 Å². The molecule has 0 aromatic heterocycles. The quantitative estimate of drug-likeness (QED) is 0.558. The lowest BCUT2D eigenvalue weighted by Crippen LogP contribution is -2.45. The van der Waals surface area contributed by atoms with E-state index in [0.717, 1.165) is 0 Å². The lowest BCUT2D eigenvalue weighted by Gasteiger charge is -2.46. The van der Waals surface area contributed by atoms with Gasteiger partial charge in [0.1, 0.15) is 0 Å². The van der Waals surface area contributed by atoms with Gasteiger partial charge in [-0.2, -0.15) is 0 Å². The van der Waals surface area contributed by atoms with Crippen LogP contribution in [0.25, 0.3) is 11.1 Å². The summed E-state index contributed by atoms with van der Waals surface area (Å²) in [7, 11) is 0. The SMILES string of the molecule is CC.CCC12CC1(C)c1ccc(-c3ccccc3)cc1C1C=CC(C)=CN12. The Balaban J connectivity index is 0.000000872. The van der Waals surface area contributed by atoms with Gasteiger partial charge in [0.15, 0.2) is 0 Å². The van der Waals surface area contributed by atoms with Crippen LogP contribution < -0.4 is 0 Å². The van der Waals surface area contributed by atoms with E-state index in [4.69, 9.17) is 0 Å². The van der Waals surface area contributed by atoms with E-state index in [1.165, 1.54) is 35.1 Å². The Kier molecular flexibility index (Phi) is 4.29. The molecule has 0 amide bonds. The summed E-state index contributed by atoms with van der Waals surface area (Å²) < 4.78 is 0. The lowest BCUT2D eigenvalue weighted by atomic mass is 9.77. The van der Waals surface area contributed by atoms with Crippen molar-refractivity contribution < 1.29 is 0 Å². The van der Waals surface area contributed by atoms with Gasteiger partial charge in [-0.1, -0.05) is 82.3 Å². The first-order valence-electron chi connectivity index (χ1n) is 10.4. The summed E-state index contributed by atoms with van der Waals surface area (Å²) >= 11 is 0. The zero-order valence-corrected chi connectivity index (χ0v) is 17.3. The van der Waals surface area contributed by atoms with Crippen molar-refractivity contribution in [1.82, 2.24) is 4.90 Å². The predicted molar refractivity (Wildman–Crippen MR) is 116 cm³/mol. The van der Waals surface area contributed by atoms with Crippen LogP contribution in [0.5, 0.6) is 0 Å². The molecule has 1 aliphatic carbocycles. The van der Waals surface area contributed by atoms with Gasteiger partial charge in [-0.25, -0.2) is 0 Å². The molecule has 2 heterocycles. The van der Waals surface area contributed by atoms with E-state index >= 15 is 0 Å². The maximum atomic E-state index is 2.67. The molecule has 0 N–H and O–H groups in total. The van der Waals surface area contributed by atoms with Gasteiger partial charge < -0.3 is 4.90 Å². The van der Waals surface area contributed by atoms with Crippen molar-refractivity contribution in [2.24, 2.45) is 0 Å². The Morgan fingerprint density at radius 3 is 2.48 bits per heavy atom. The Hall–Kier alpha value is -2.28. The van der Waals surface area contributed by atoms with Crippen molar-refractivity contribution in [3.8, 4) is 11.1 Å². The molecule has 2 aromatic rings. The fourth-order valence-electron chi connectivity index (χ4n) is 5.40. The molecule has 3 unspecified atom stereocenters. The highest BCUT2D eigenvalue weighted by atomic mass is 15.3. The lowest BCUT2D eigenvalue weighted by molar-refractivity contribution is 0.166. The molecular weight excluding hydrogens is 326 g/mol.